The van der Waals surface area contributed by atoms with E-state index in [0.29, 0.717) is 58.2 Å². The molecular formula is C30H21FN6O2. The number of nitriles is 1. The zero-order chi connectivity index (χ0) is 27.2. The summed E-state index contributed by atoms with van der Waals surface area (Å²) in [4.78, 5) is 35.2. The minimum atomic E-state index is -0.357. The summed E-state index contributed by atoms with van der Waals surface area (Å²) in [6.07, 6.45) is 2.52. The van der Waals surface area contributed by atoms with Crippen LogP contribution in [0.1, 0.15) is 44.7 Å². The Morgan fingerprint density at radius 2 is 1.51 bits per heavy atom. The summed E-state index contributed by atoms with van der Waals surface area (Å²) in [6.45, 7) is 0.270. The lowest BCUT2D eigenvalue weighted by molar-refractivity contribution is 0.0653. The van der Waals surface area contributed by atoms with Crippen molar-refractivity contribution in [2.75, 3.05) is 17.2 Å². The maximum atomic E-state index is 13.4. The van der Waals surface area contributed by atoms with E-state index < -0.39 is 0 Å². The first-order chi connectivity index (χ1) is 19.0. The second-order valence-electron chi connectivity index (χ2n) is 8.61. The number of aromatic nitrogens is 2. The largest absolute Gasteiger partial charge is 0.339 e. The van der Waals surface area contributed by atoms with Crippen molar-refractivity contribution < 1.29 is 14.0 Å². The van der Waals surface area contributed by atoms with Crippen LogP contribution in [0.3, 0.4) is 0 Å². The molecule has 0 radical (unpaired) electrons. The number of amides is 2. The van der Waals surface area contributed by atoms with Gasteiger partial charge in [0.15, 0.2) is 5.82 Å². The van der Waals surface area contributed by atoms with Crippen molar-refractivity contribution in [2.24, 2.45) is 0 Å². The van der Waals surface area contributed by atoms with E-state index in [0.717, 1.165) is 0 Å². The van der Waals surface area contributed by atoms with Crippen molar-refractivity contribution in [1.82, 2.24) is 14.9 Å². The van der Waals surface area contributed by atoms with E-state index in [1.54, 1.807) is 66.9 Å². The molecule has 8 nitrogen and oxygen atoms in total. The van der Waals surface area contributed by atoms with Gasteiger partial charge >= 0.3 is 0 Å². The molecule has 2 heterocycles. The van der Waals surface area contributed by atoms with Gasteiger partial charge in [-0.15, -0.1) is 0 Å². The molecule has 2 N–H and O–H groups in total. The van der Waals surface area contributed by atoms with Crippen LogP contribution in [0.5, 0.6) is 0 Å². The number of hydrogen-bond acceptors (Lipinski definition) is 7. The van der Waals surface area contributed by atoms with Crippen LogP contribution in [-0.4, -0.2) is 33.2 Å². The standard InChI is InChI=1S/C30H21FN6O2/c31-22-11-15-23(16-12-22)34-27-21(19-33-30(36-27)35-24-13-9-20(18-32)10-14-24)6-2-1-5-17-37-28(38)25-7-3-4-8-26(25)29(37)39/h3-4,7-16,19H,1,5,17H2,(H2,33,34,35,36). The van der Waals surface area contributed by atoms with Crippen molar-refractivity contribution in [3.05, 3.63) is 107 Å². The first-order valence-corrected chi connectivity index (χ1v) is 12.1. The average Bonchev–Trinajstić information content (AvgIpc) is 3.20. The molecule has 1 aliphatic heterocycles. The van der Waals surface area contributed by atoms with E-state index >= 15 is 0 Å². The normalized spacial score (nSPS) is 11.8. The molecule has 1 aromatic heterocycles. The highest BCUT2D eigenvalue weighted by Gasteiger charge is 2.34. The topological polar surface area (TPSA) is 111 Å². The molecule has 0 unspecified atom stereocenters. The van der Waals surface area contributed by atoms with Gasteiger partial charge < -0.3 is 10.6 Å². The first-order valence-electron chi connectivity index (χ1n) is 12.1. The lowest BCUT2D eigenvalue weighted by Gasteiger charge is -2.12. The van der Waals surface area contributed by atoms with E-state index in [4.69, 9.17) is 5.26 Å². The summed E-state index contributed by atoms with van der Waals surface area (Å²) >= 11 is 0. The van der Waals surface area contributed by atoms with E-state index in [2.05, 4.69) is 38.5 Å². The van der Waals surface area contributed by atoms with Crippen LogP contribution in [0.15, 0.2) is 79.0 Å². The quantitative estimate of drug-likeness (QED) is 0.192. The number of hydrogen-bond donors (Lipinski definition) is 2. The third-order valence-corrected chi connectivity index (χ3v) is 5.95. The summed E-state index contributed by atoms with van der Waals surface area (Å²) in [6, 6.07) is 21.6. The first kappa shape index (κ1) is 25.1. The van der Waals surface area contributed by atoms with Gasteiger partial charge in [-0.2, -0.15) is 10.2 Å². The zero-order valence-corrected chi connectivity index (χ0v) is 20.6. The fraction of sp³-hybridized carbons (Fsp3) is 0.100. The van der Waals surface area contributed by atoms with E-state index in [9.17, 15) is 14.0 Å². The maximum Gasteiger partial charge on any atom is 0.261 e. The number of fused-ring (bicyclic) bond motifs is 1. The highest BCUT2D eigenvalue weighted by atomic mass is 19.1. The van der Waals surface area contributed by atoms with Gasteiger partial charge in [0.25, 0.3) is 11.8 Å². The van der Waals surface area contributed by atoms with E-state index in [1.165, 1.54) is 17.0 Å². The predicted molar refractivity (Wildman–Crippen MR) is 144 cm³/mol. The third kappa shape index (κ3) is 5.74. The van der Waals surface area contributed by atoms with Crippen LogP contribution in [0.4, 0.5) is 27.5 Å². The molecule has 0 saturated heterocycles. The Balaban J connectivity index is 1.29. The Labute approximate surface area is 224 Å². The molecule has 0 bridgehead atoms. The summed E-state index contributed by atoms with van der Waals surface area (Å²) in [5.41, 5.74) is 3.23. The van der Waals surface area contributed by atoms with Crippen LogP contribution in [-0.2, 0) is 0 Å². The van der Waals surface area contributed by atoms with Crippen LogP contribution < -0.4 is 10.6 Å². The Bertz CT molecular complexity index is 1620. The number of nitrogens with one attached hydrogen (secondary N) is 2. The highest BCUT2D eigenvalue weighted by molar-refractivity contribution is 6.21. The number of carbonyl (C=O) groups is 2. The second-order valence-corrected chi connectivity index (χ2v) is 8.61. The van der Waals surface area contributed by atoms with Crippen molar-refractivity contribution >= 4 is 35.0 Å². The van der Waals surface area contributed by atoms with Gasteiger partial charge in [0.1, 0.15) is 5.82 Å². The number of unbranched alkanes of at least 4 members (excludes halogenated alkanes) is 1. The highest BCUT2D eigenvalue weighted by Crippen LogP contribution is 2.23. The molecule has 39 heavy (non-hydrogen) atoms. The van der Waals surface area contributed by atoms with Crippen LogP contribution in [0, 0.1) is 29.0 Å². The van der Waals surface area contributed by atoms with E-state index in [-0.39, 0.29) is 24.2 Å². The number of anilines is 4. The lowest BCUT2D eigenvalue weighted by atomic mass is 10.1. The van der Waals surface area contributed by atoms with Crippen molar-refractivity contribution in [3.8, 4) is 17.9 Å². The smallest absolute Gasteiger partial charge is 0.261 e. The number of imide groups is 1. The SMILES string of the molecule is N#Cc1ccc(Nc2ncc(C#CCCCN3C(=O)c4ccccc4C3=O)c(Nc3ccc(F)cc3)n2)cc1. The number of carbonyl (C=O) groups excluding carboxylic acids is 2. The van der Waals surface area contributed by atoms with Crippen molar-refractivity contribution in [3.63, 3.8) is 0 Å². The molecule has 0 aliphatic carbocycles. The summed E-state index contributed by atoms with van der Waals surface area (Å²) in [5, 5.41) is 15.2. The third-order valence-electron chi connectivity index (χ3n) is 5.95. The molecule has 1 aliphatic rings. The molecule has 2 amide bonds. The van der Waals surface area contributed by atoms with Gasteiger partial charge in [-0.3, -0.25) is 14.5 Å². The van der Waals surface area contributed by atoms with Crippen LogP contribution in [0.25, 0.3) is 0 Å². The summed E-state index contributed by atoms with van der Waals surface area (Å²) in [7, 11) is 0. The molecule has 0 fully saturated rings. The molecule has 5 rings (SSSR count). The van der Waals surface area contributed by atoms with Gasteiger partial charge in [-0.1, -0.05) is 24.0 Å². The van der Waals surface area contributed by atoms with Gasteiger partial charge in [0, 0.05) is 24.3 Å². The summed E-state index contributed by atoms with van der Waals surface area (Å²) in [5.74, 6) is 5.91. The van der Waals surface area contributed by atoms with E-state index in [1.807, 2.05) is 0 Å². The number of halogens is 1. The van der Waals surface area contributed by atoms with Gasteiger partial charge in [-0.25, -0.2) is 9.37 Å². The monoisotopic (exact) mass is 516 g/mol. The maximum absolute atomic E-state index is 13.4. The lowest BCUT2D eigenvalue weighted by Crippen LogP contribution is -2.30. The molecule has 190 valence electrons. The average molecular weight is 517 g/mol. The molecule has 9 heteroatoms. The minimum absolute atomic E-state index is 0.270. The number of rotatable bonds is 7. The molecule has 0 spiro atoms. The minimum Gasteiger partial charge on any atom is -0.339 e. The molecule has 3 aromatic carbocycles. The zero-order valence-electron chi connectivity index (χ0n) is 20.6. The van der Waals surface area contributed by atoms with Crippen molar-refractivity contribution in [1.29, 1.82) is 5.26 Å². The second kappa shape index (κ2) is 11.2. The van der Waals surface area contributed by atoms with Gasteiger partial charge in [-0.05, 0) is 67.1 Å². The summed E-state index contributed by atoms with van der Waals surface area (Å²) < 4.78 is 13.4. The Morgan fingerprint density at radius 3 is 2.18 bits per heavy atom. The van der Waals surface area contributed by atoms with Gasteiger partial charge in [0.2, 0.25) is 5.95 Å². The van der Waals surface area contributed by atoms with Crippen LogP contribution >= 0.6 is 0 Å². The van der Waals surface area contributed by atoms with Crippen LogP contribution in [0.2, 0.25) is 0 Å². The predicted octanol–water partition coefficient (Wildman–Crippen LogP) is 5.40. The molecule has 0 atom stereocenters. The Morgan fingerprint density at radius 1 is 0.872 bits per heavy atom. The molecular weight excluding hydrogens is 495 g/mol. The molecule has 4 aromatic rings. The molecule has 0 saturated carbocycles. The fourth-order valence-electron chi connectivity index (χ4n) is 3.98. The number of benzene rings is 3. The number of nitrogens with zero attached hydrogens (tertiary/aromatic N) is 4. The van der Waals surface area contributed by atoms with Gasteiger partial charge in [0.05, 0.1) is 34.5 Å². The fourth-order valence-corrected chi connectivity index (χ4v) is 3.98. The Hall–Kier alpha value is -5.54. The Kier molecular flexibility index (Phi) is 7.24. The van der Waals surface area contributed by atoms with Crippen molar-refractivity contribution in [2.45, 2.75) is 12.8 Å².